The summed E-state index contributed by atoms with van der Waals surface area (Å²) in [5.74, 6) is 1.39. The van der Waals surface area contributed by atoms with Crippen LogP contribution in [0.3, 0.4) is 0 Å². The van der Waals surface area contributed by atoms with Crippen LogP contribution in [0.4, 0.5) is 0 Å². The van der Waals surface area contributed by atoms with Gasteiger partial charge in [0.2, 0.25) is 4.96 Å². The molecule has 1 saturated heterocycles. The fourth-order valence-electron chi connectivity index (χ4n) is 2.18. The SMILES string of the molecule is COCc1nnc2sc(C3NCCC3C)nn12. The van der Waals surface area contributed by atoms with E-state index in [9.17, 15) is 0 Å². The average Bonchev–Trinajstić information content (AvgIpc) is 2.95. The summed E-state index contributed by atoms with van der Waals surface area (Å²) < 4.78 is 6.86. The van der Waals surface area contributed by atoms with E-state index >= 15 is 0 Å². The van der Waals surface area contributed by atoms with Crippen LogP contribution in [0.25, 0.3) is 4.96 Å². The van der Waals surface area contributed by atoms with Crippen molar-refractivity contribution in [3.8, 4) is 0 Å². The fourth-order valence-corrected chi connectivity index (χ4v) is 3.25. The van der Waals surface area contributed by atoms with Crippen molar-refractivity contribution in [1.29, 1.82) is 0 Å². The second-order valence-corrected chi connectivity index (χ2v) is 5.37. The van der Waals surface area contributed by atoms with Gasteiger partial charge in [0.1, 0.15) is 11.6 Å². The van der Waals surface area contributed by atoms with E-state index in [1.54, 1.807) is 23.0 Å². The zero-order valence-corrected chi connectivity index (χ0v) is 10.7. The summed E-state index contributed by atoms with van der Waals surface area (Å²) >= 11 is 1.61. The van der Waals surface area contributed by atoms with Gasteiger partial charge in [0.15, 0.2) is 5.82 Å². The Morgan fingerprint density at radius 2 is 2.41 bits per heavy atom. The summed E-state index contributed by atoms with van der Waals surface area (Å²) in [6.07, 6.45) is 1.20. The maximum Gasteiger partial charge on any atom is 0.234 e. The molecule has 17 heavy (non-hydrogen) atoms. The zero-order chi connectivity index (χ0) is 11.8. The number of hydrogen-bond acceptors (Lipinski definition) is 6. The van der Waals surface area contributed by atoms with Crippen molar-refractivity contribution in [3.63, 3.8) is 0 Å². The molecule has 7 heteroatoms. The molecule has 0 bridgehead atoms. The molecular formula is C10H15N5OS. The number of rotatable bonds is 3. The first-order valence-corrected chi connectivity index (χ1v) is 6.54. The molecule has 3 rings (SSSR count). The molecule has 0 radical (unpaired) electrons. The highest BCUT2D eigenvalue weighted by molar-refractivity contribution is 7.16. The van der Waals surface area contributed by atoms with Crippen LogP contribution in [0.5, 0.6) is 0 Å². The van der Waals surface area contributed by atoms with Crippen molar-refractivity contribution >= 4 is 16.3 Å². The number of nitrogens with zero attached hydrogens (tertiary/aromatic N) is 4. The minimum Gasteiger partial charge on any atom is -0.377 e. The van der Waals surface area contributed by atoms with Crippen LogP contribution in [0, 0.1) is 5.92 Å². The summed E-state index contributed by atoms with van der Waals surface area (Å²) in [5, 5.41) is 17.3. The lowest BCUT2D eigenvalue weighted by atomic mass is 10.0. The van der Waals surface area contributed by atoms with E-state index in [2.05, 4.69) is 27.5 Å². The highest BCUT2D eigenvalue weighted by atomic mass is 32.1. The van der Waals surface area contributed by atoms with Crippen LogP contribution in [-0.2, 0) is 11.3 Å². The van der Waals surface area contributed by atoms with Gasteiger partial charge in [-0.25, -0.2) is 0 Å². The standard InChI is InChI=1S/C10H15N5OS/c1-6-3-4-11-8(6)9-14-15-7(5-16-2)12-13-10(15)17-9/h6,8,11H,3-5H2,1-2H3. The van der Waals surface area contributed by atoms with Crippen molar-refractivity contribution in [2.75, 3.05) is 13.7 Å². The summed E-state index contributed by atoms with van der Waals surface area (Å²) in [7, 11) is 1.65. The normalized spacial score (nSPS) is 24.8. The van der Waals surface area contributed by atoms with Gasteiger partial charge < -0.3 is 10.1 Å². The molecule has 1 fully saturated rings. The predicted molar refractivity (Wildman–Crippen MR) is 63.9 cm³/mol. The van der Waals surface area contributed by atoms with E-state index in [0.29, 0.717) is 18.6 Å². The Morgan fingerprint density at radius 3 is 3.12 bits per heavy atom. The monoisotopic (exact) mass is 253 g/mol. The van der Waals surface area contributed by atoms with Gasteiger partial charge in [-0.15, -0.1) is 10.2 Å². The van der Waals surface area contributed by atoms with Crippen LogP contribution in [0.15, 0.2) is 0 Å². The Balaban J connectivity index is 1.96. The van der Waals surface area contributed by atoms with Crippen LogP contribution in [0.2, 0.25) is 0 Å². The molecule has 0 spiro atoms. The van der Waals surface area contributed by atoms with Gasteiger partial charge in [-0.1, -0.05) is 18.3 Å². The number of methoxy groups -OCH3 is 1. The molecule has 0 aliphatic carbocycles. The number of hydrogen-bond donors (Lipinski definition) is 1. The summed E-state index contributed by atoms with van der Waals surface area (Å²) in [5.41, 5.74) is 0. The fraction of sp³-hybridized carbons (Fsp3) is 0.700. The molecular weight excluding hydrogens is 238 g/mol. The predicted octanol–water partition coefficient (Wildman–Crippen LogP) is 1.00. The molecule has 1 aliphatic rings. The summed E-state index contributed by atoms with van der Waals surface area (Å²) in [6.45, 7) is 3.76. The lowest BCUT2D eigenvalue weighted by Crippen LogP contribution is -2.16. The smallest absolute Gasteiger partial charge is 0.234 e. The molecule has 3 heterocycles. The van der Waals surface area contributed by atoms with E-state index in [1.807, 2.05) is 0 Å². The third-order valence-corrected chi connectivity index (χ3v) is 4.13. The van der Waals surface area contributed by atoms with E-state index < -0.39 is 0 Å². The first-order chi connectivity index (χ1) is 8.29. The number of fused-ring (bicyclic) bond motifs is 1. The molecule has 2 atom stereocenters. The van der Waals surface area contributed by atoms with Crippen molar-refractivity contribution in [2.24, 2.45) is 5.92 Å². The quantitative estimate of drug-likeness (QED) is 0.884. The minimum atomic E-state index is 0.358. The van der Waals surface area contributed by atoms with Gasteiger partial charge in [-0.2, -0.15) is 9.61 Å². The highest BCUT2D eigenvalue weighted by Crippen LogP contribution is 2.31. The Labute approximate surface area is 103 Å². The molecule has 2 aromatic rings. The average molecular weight is 253 g/mol. The summed E-state index contributed by atoms with van der Waals surface area (Å²) in [4.78, 5) is 0.841. The molecule has 0 amide bonds. The molecule has 0 aromatic carbocycles. The first kappa shape index (κ1) is 11.1. The molecule has 92 valence electrons. The summed E-state index contributed by atoms with van der Waals surface area (Å²) in [6, 6.07) is 0.358. The Bertz CT molecular complexity index is 522. The molecule has 1 N–H and O–H groups in total. The third-order valence-electron chi connectivity index (χ3n) is 3.14. The maximum absolute atomic E-state index is 5.08. The minimum absolute atomic E-state index is 0.358. The van der Waals surface area contributed by atoms with Crippen LogP contribution in [-0.4, -0.2) is 33.5 Å². The van der Waals surface area contributed by atoms with Gasteiger partial charge in [-0.3, -0.25) is 0 Å². The molecule has 6 nitrogen and oxygen atoms in total. The molecule has 1 aliphatic heterocycles. The van der Waals surface area contributed by atoms with Gasteiger partial charge in [0, 0.05) is 7.11 Å². The van der Waals surface area contributed by atoms with E-state index in [0.717, 1.165) is 22.3 Å². The van der Waals surface area contributed by atoms with Crippen LogP contribution < -0.4 is 5.32 Å². The molecule has 2 aromatic heterocycles. The lowest BCUT2D eigenvalue weighted by molar-refractivity contribution is 0.176. The number of ether oxygens (including phenoxy) is 1. The second-order valence-electron chi connectivity index (χ2n) is 4.38. The maximum atomic E-state index is 5.08. The molecule has 2 unspecified atom stereocenters. The third kappa shape index (κ3) is 1.84. The lowest BCUT2D eigenvalue weighted by Gasteiger charge is -2.10. The second kappa shape index (κ2) is 4.32. The Morgan fingerprint density at radius 1 is 1.53 bits per heavy atom. The zero-order valence-electron chi connectivity index (χ0n) is 9.88. The van der Waals surface area contributed by atoms with Crippen molar-refractivity contribution < 1.29 is 4.74 Å². The largest absolute Gasteiger partial charge is 0.377 e. The van der Waals surface area contributed by atoms with E-state index in [1.165, 1.54) is 6.42 Å². The topological polar surface area (TPSA) is 64.3 Å². The van der Waals surface area contributed by atoms with Crippen molar-refractivity contribution in [3.05, 3.63) is 10.8 Å². The Kier molecular flexibility index (Phi) is 2.81. The number of aromatic nitrogens is 4. The van der Waals surface area contributed by atoms with Crippen molar-refractivity contribution in [1.82, 2.24) is 25.1 Å². The van der Waals surface area contributed by atoms with E-state index in [4.69, 9.17) is 4.74 Å². The van der Waals surface area contributed by atoms with Gasteiger partial charge in [0.05, 0.1) is 6.04 Å². The van der Waals surface area contributed by atoms with E-state index in [-0.39, 0.29) is 0 Å². The first-order valence-electron chi connectivity index (χ1n) is 5.73. The van der Waals surface area contributed by atoms with Gasteiger partial charge in [-0.05, 0) is 18.9 Å². The van der Waals surface area contributed by atoms with Gasteiger partial charge >= 0.3 is 0 Å². The Hall–Kier alpha value is -1.05. The van der Waals surface area contributed by atoms with Crippen LogP contribution in [0.1, 0.15) is 30.2 Å². The van der Waals surface area contributed by atoms with Crippen molar-refractivity contribution in [2.45, 2.75) is 26.0 Å². The van der Waals surface area contributed by atoms with Crippen LogP contribution >= 0.6 is 11.3 Å². The molecule has 0 saturated carbocycles. The number of nitrogens with one attached hydrogen (secondary N) is 1. The van der Waals surface area contributed by atoms with Gasteiger partial charge in [0.25, 0.3) is 0 Å². The highest BCUT2D eigenvalue weighted by Gasteiger charge is 2.28.